The molecule has 1 heterocycles. The van der Waals surface area contributed by atoms with Crippen molar-refractivity contribution in [1.82, 2.24) is 15.3 Å². The highest BCUT2D eigenvalue weighted by atomic mass is 32.2. The molecule has 0 aliphatic rings. The number of hydrogen-bond acceptors (Lipinski definition) is 4. The molecule has 22 heavy (non-hydrogen) atoms. The van der Waals surface area contributed by atoms with Crippen LogP contribution in [-0.4, -0.2) is 27.7 Å². The van der Waals surface area contributed by atoms with Crippen molar-refractivity contribution >= 4 is 17.7 Å². The Morgan fingerprint density at radius 1 is 1.32 bits per heavy atom. The van der Waals surface area contributed by atoms with E-state index in [-0.39, 0.29) is 23.3 Å². The van der Waals surface area contributed by atoms with Crippen molar-refractivity contribution in [1.29, 1.82) is 0 Å². The maximum absolute atomic E-state index is 11.9. The first-order valence-corrected chi connectivity index (χ1v) is 8.13. The summed E-state index contributed by atoms with van der Waals surface area (Å²) in [4.78, 5) is 29.6. The highest BCUT2D eigenvalue weighted by Crippen LogP contribution is 2.10. The van der Waals surface area contributed by atoms with Gasteiger partial charge in [-0.25, -0.2) is 4.98 Å². The van der Waals surface area contributed by atoms with Gasteiger partial charge in [-0.1, -0.05) is 42.1 Å². The van der Waals surface area contributed by atoms with Crippen LogP contribution in [0.15, 0.2) is 52.5 Å². The number of rotatable bonds is 7. The topological polar surface area (TPSA) is 74.8 Å². The van der Waals surface area contributed by atoms with Gasteiger partial charge in [0, 0.05) is 18.3 Å². The number of thioether (sulfide) groups is 1. The molecule has 0 aliphatic carbocycles. The van der Waals surface area contributed by atoms with Crippen molar-refractivity contribution in [2.24, 2.45) is 0 Å². The average Bonchev–Trinajstić information content (AvgIpc) is 2.52. The van der Waals surface area contributed by atoms with E-state index in [1.165, 1.54) is 29.6 Å². The Morgan fingerprint density at radius 2 is 2.09 bits per heavy atom. The molecule has 0 fully saturated rings. The second kappa shape index (κ2) is 8.38. The lowest BCUT2D eigenvalue weighted by Gasteiger charge is -2.13. The summed E-state index contributed by atoms with van der Waals surface area (Å²) in [5, 5.41) is 3.41. The molecule has 2 N–H and O–H groups in total. The molecule has 1 atom stereocenters. The van der Waals surface area contributed by atoms with E-state index in [9.17, 15) is 9.59 Å². The van der Waals surface area contributed by atoms with Crippen LogP contribution in [0.4, 0.5) is 0 Å². The average molecular weight is 317 g/mol. The minimum Gasteiger partial charge on any atom is -0.353 e. The summed E-state index contributed by atoms with van der Waals surface area (Å²) in [6.45, 7) is 1.99. The van der Waals surface area contributed by atoms with Gasteiger partial charge in [-0.15, -0.1) is 0 Å². The maximum atomic E-state index is 11.9. The van der Waals surface area contributed by atoms with Gasteiger partial charge in [-0.3, -0.25) is 9.59 Å². The van der Waals surface area contributed by atoms with Crippen LogP contribution in [0, 0.1) is 0 Å². The first-order chi connectivity index (χ1) is 10.6. The van der Waals surface area contributed by atoms with Gasteiger partial charge in [0.15, 0.2) is 5.16 Å². The van der Waals surface area contributed by atoms with Crippen LogP contribution in [0.1, 0.15) is 18.9 Å². The van der Waals surface area contributed by atoms with Crippen LogP contribution in [-0.2, 0) is 11.2 Å². The molecule has 5 nitrogen and oxygen atoms in total. The van der Waals surface area contributed by atoms with Gasteiger partial charge in [0.2, 0.25) is 5.91 Å². The molecule has 2 aromatic rings. The second-order valence-corrected chi connectivity index (χ2v) is 5.98. The Labute approximate surface area is 133 Å². The minimum atomic E-state index is -0.214. The Balaban J connectivity index is 1.71. The third-order valence-corrected chi connectivity index (χ3v) is 3.99. The summed E-state index contributed by atoms with van der Waals surface area (Å²) in [5.74, 6) is 0.180. The van der Waals surface area contributed by atoms with E-state index in [1.807, 2.05) is 25.1 Å². The zero-order chi connectivity index (χ0) is 15.8. The van der Waals surface area contributed by atoms with Crippen LogP contribution in [0.5, 0.6) is 0 Å². The summed E-state index contributed by atoms with van der Waals surface area (Å²) in [6, 6.07) is 11.6. The van der Waals surface area contributed by atoms with Crippen LogP contribution in [0.25, 0.3) is 0 Å². The number of carbonyl (C=O) groups is 1. The number of carbonyl (C=O) groups excluding carboxylic acids is 1. The fourth-order valence-corrected chi connectivity index (χ4v) is 2.64. The molecule has 1 amide bonds. The molecular weight excluding hydrogens is 298 g/mol. The molecule has 0 aliphatic heterocycles. The summed E-state index contributed by atoms with van der Waals surface area (Å²) in [6.07, 6.45) is 3.26. The Bertz CT molecular complexity index is 658. The molecular formula is C16H19N3O2S. The molecule has 0 unspecified atom stereocenters. The number of aromatic amines is 1. The quantitative estimate of drug-likeness (QED) is 0.605. The molecule has 6 heteroatoms. The predicted molar refractivity (Wildman–Crippen MR) is 87.9 cm³/mol. The van der Waals surface area contributed by atoms with Crippen molar-refractivity contribution in [3.05, 3.63) is 58.5 Å². The molecule has 0 saturated carbocycles. The van der Waals surface area contributed by atoms with E-state index in [4.69, 9.17) is 0 Å². The highest BCUT2D eigenvalue weighted by Gasteiger charge is 2.09. The molecule has 2 rings (SSSR count). The SMILES string of the molecule is C[C@@H](CCc1ccccc1)NC(=O)CSc1nccc(=O)[nH]1. The molecule has 1 aromatic heterocycles. The molecule has 116 valence electrons. The third kappa shape index (κ3) is 5.73. The summed E-state index contributed by atoms with van der Waals surface area (Å²) < 4.78 is 0. The Morgan fingerprint density at radius 3 is 2.82 bits per heavy atom. The van der Waals surface area contributed by atoms with E-state index >= 15 is 0 Å². The number of nitrogens with one attached hydrogen (secondary N) is 2. The second-order valence-electron chi connectivity index (χ2n) is 5.02. The van der Waals surface area contributed by atoms with Crippen LogP contribution in [0.2, 0.25) is 0 Å². The standard InChI is InChI=1S/C16H19N3O2S/c1-12(7-8-13-5-3-2-4-6-13)18-15(21)11-22-16-17-10-9-14(20)19-16/h2-6,9-10,12H,7-8,11H2,1H3,(H,18,21)(H,17,19,20)/t12-/m0/s1. The van der Waals surface area contributed by atoms with E-state index in [0.717, 1.165) is 12.8 Å². The first kappa shape index (κ1) is 16.3. The zero-order valence-electron chi connectivity index (χ0n) is 12.4. The van der Waals surface area contributed by atoms with Gasteiger partial charge in [0.1, 0.15) is 0 Å². The van der Waals surface area contributed by atoms with Gasteiger partial charge in [-0.2, -0.15) is 0 Å². The summed E-state index contributed by atoms with van der Waals surface area (Å²) >= 11 is 1.22. The van der Waals surface area contributed by atoms with E-state index in [1.54, 1.807) is 0 Å². The summed E-state index contributed by atoms with van der Waals surface area (Å²) in [5.41, 5.74) is 1.05. The van der Waals surface area contributed by atoms with Crippen LogP contribution >= 0.6 is 11.8 Å². The number of aromatic nitrogens is 2. The fourth-order valence-electron chi connectivity index (χ4n) is 1.98. The lowest BCUT2D eigenvalue weighted by atomic mass is 10.1. The minimum absolute atomic E-state index is 0.0583. The smallest absolute Gasteiger partial charge is 0.251 e. The van der Waals surface area contributed by atoms with Gasteiger partial charge < -0.3 is 10.3 Å². The number of hydrogen-bond donors (Lipinski definition) is 2. The van der Waals surface area contributed by atoms with Crippen LogP contribution < -0.4 is 10.9 Å². The van der Waals surface area contributed by atoms with Gasteiger partial charge >= 0.3 is 0 Å². The Hall–Kier alpha value is -2.08. The maximum Gasteiger partial charge on any atom is 0.251 e. The van der Waals surface area contributed by atoms with Crippen LogP contribution in [0.3, 0.4) is 0 Å². The predicted octanol–water partition coefficient (Wildman–Crippen LogP) is 2.00. The molecule has 0 bridgehead atoms. The lowest BCUT2D eigenvalue weighted by Crippen LogP contribution is -2.34. The fraction of sp³-hybridized carbons (Fsp3) is 0.312. The van der Waals surface area contributed by atoms with E-state index in [2.05, 4.69) is 27.4 Å². The third-order valence-electron chi connectivity index (χ3n) is 3.10. The number of H-pyrrole nitrogens is 1. The van der Waals surface area contributed by atoms with Crippen molar-refractivity contribution in [2.45, 2.75) is 31.0 Å². The largest absolute Gasteiger partial charge is 0.353 e. The normalized spacial score (nSPS) is 11.9. The zero-order valence-corrected chi connectivity index (χ0v) is 13.2. The van der Waals surface area contributed by atoms with Gasteiger partial charge in [0.25, 0.3) is 5.56 Å². The van der Waals surface area contributed by atoms with Crippen molar-refractivity contribution in [3.8, 4) is 0 Å². The first-order valence-electron chi connectivity index (χ1n) is 7.15. The lowest BCUT2D eigenvalue weighted by molar-refractivity contribution is -0.119. The number of benzene rings is 1. The Kier molecular flexibility index (Phi) is 6.21. The molecule has 0 spiro atoms. The molecule has 0 radical (unpaired) electrons. The van der Waals surface area contributed by atoms with Gasteiger partial charge in [0.05, 0.1) is 5.75 Å². The molecule has 0 saturated heterocycles. The summed E-state index contributed by atoms with van der Waals surface area (Å²) in [7, 11) is 0. The monoisotopic (exact) mass is 317 g/mol. The highest BCUT2D eigenvalue weighted by molar-refractivity contribution is 7.99. The van der Waals surface area contributed by atoms with E-state index < -0.39 is 0 Å². The van der Waals surface area contributed by atoms with Gasteiger partial charge in [-0.05, 0) is 25.3 Å². The number of nitrogens with zero attached hydrogens (tertiary/aromatic N) is 1. The number of aryl methyl sites for hydroxylation is 1. The molecule has 1 aromatic carbocycles. The van der Waals surface area contributed by atoms with Crippen molar-refractivity contribution < 1.29 is 4.79 Å². The number of amides is 1. The van der Waals surface area contributed by atoms with E-state index in [0.29, 0.717) is 5.16 Å². The van der Waals surface area contributed by atoms with Crippen molar-refractivity contribution in [3.63, 3.8) is 0 Å². The van der Waals surface area contributed by atoms with Crippen molar-refractivity contribution in [2.75, 3.05) is 5.75 Å².